The lowest BCUT2D eigenvalue weighted by molar-refractivity contribution is -0.121. The molecule has 4 nitrogen and oxygen atoms in total. The molecule has 102 valence electrons. The van der Waals surface area contributed by atoms with Gasteiger partial charge in [0.25, 0.3) is 0 Å². The Hall–Kier alpha value is -2.14. The standard InChI is InChI=1S/C15H14N2O2S/c18-14-9-17(13-4-2-1-3-12(13)16-14)15(19)6-5-11-7-8-20-10-11/h1-4,7-8,10H,5-6,9H2,(H,16,18). The Morgan fingerprint density at radius 2 is 2.15 bits per heavy atom. The third-order valence-electron chi connectivity index (χ3n) is 3.28. The number of aryl methyl sites for hydroxylation is 1. The highest BCUT2D eigenvalue weighted by Crippen LogP contribution is 2.29. The fourth-order valence-electron chi connectivity index (χ4n) is 2.28. The van der Waals surface area contributed by atoms with E-state index in [1.165, 1.54) is 0 Å². The first-order valence-electron chi connectivity index (χ1n) is 6.44. The van der Waals surface area contributed by atoms with Gasteiger partial charge in [0, 0.05) is 6.42 Å². The molecule has 5 heteroatoms. The van der Waals surface area contributed by atoms with E-state index in [9.17, 15) is 9.59 Å². The van der Waals surface area contributed by atoms with Gasteiger partial charge in [-0.1, -0.05) is 12.1 Å². The summed E-state index contributed by atoms with van der Waals surface area (Å²) in [5, 5.41) is 6.83. The van der Waals surface area contributed by atoms with Gasteiger partial charge in [-0.05, 0) is 40.9 Å². The zero-order valence-corrected chi connectivity index (χ0v) is 11.7. The Labute approximate surface area is 121 Å². The first-order chi connectivity index (χ1) is 9.74. The predicted octanol–water partition coefficient (Wildman–Crippen LogP) is 2.67. The van der Waals surface area contributed by atoms with Crippen LogP contribution in [0, 0.1) is 0 Å². The van der Waals surface area contributed by atoms with Crippen molar-refractivity contribution >= 4 is 34.5 Å². The van der Waals surface area contributed by atoms with E-state index >= 15 is 0 Å². The van der Waals surface area contributed by atoms with E-state index in [1.807, 2.05) is 41.1 Å². The average molecular weight is 286 g/mol. The third-order valence-corrected chi connectivity index (χ3v) is 4.01. The monoisotopic (exact) mass is 286 g/mol. The average Bonchev–Trinajstić information content (AvgIpc) is 2.97. The number of nitrogens with zero attached hydrogens (tertiary/aromatic N) is 1. The number of amides is 2. The molecule has 1 aromatic heterocycles. The summed E-state index contributed by atoms with van der Waals surface area (Å²) in [4.78, 5) is 25.6. The summed E-state index contributed by atoms with van der Waals surface area (Å²) >= 11 is 1.63. The van der Waals surface area contributed by atoms with Crippen LogP contribution in [0.15, 0.2) is 41.1 Å². The molecule has 20 heavy (non-hydrogen) atoms. The highest BCUT2D eigenvalue weighted by atomic mass is 32.1. The van der Waals surface area contributed by atoms with Gasteiger partial charge in [-0.2, -0.15) is 11.3 Å². The molecule has 0 radical (unpaired) electrons. The molecule has 3 rings (SSSR count). The molecule has 0 spiro atoms. The predicted molar refractivity (Wildman–Crippen MR) is 80.1 cm³/mol. The lowest BCUT2D eigenvalue weighted by Gasteiger charge is -2.29. The van der Waals surface area contributed by atoms with Crippen molar-refractivity contribution in [3.63, 3.8) is 0 Å². The van der Waals surface area contributed by atoms with Gasteiger partial charge in [0.1, 0.15) is 6.54 Å². The van der Waals surface area contributed by atoms with Crippen molar-refractivity contribution in [1.82, 2.24) is 0 Å². The minimum atomic E-state index is -0.146. The minimum absolute atomic E-state index is 0.0153. The summed E-state index contributed by atoms with van der Waals surface area (Å²) in [5.74, 6) is -0.161. The summed E-state index contributed by atoms with van der Waals surface area (Å²) in [6, 6.07) is 9.41. The molecule has 1 aliphatic heterocycles. The molecule has 1 aromatic carbocycles. The van der Waals surface area contributed by atoms with Gasteiger partial charge < -0.3 is 10.2 Å². The van der Waals surface area contributed by atoms with E-state index in [4.69, 9.17) is 0 Å². The van der Waals surface area contributed by atoms with Gasteiger partial charge in [-0.25, -0.2) is 0 Å². The van der Waals surface area contributed by atoms with Crippen LogP contribution in [0.25, 0.3) is 0 Å². The molecule has 2 amide bonds. The second-order valence-corrected chi connectivity index (χ2v) is 5.46. The summed E-state index contributed by atoms with van der Waals surface area (Å²) in [6.45, 7) is 0.0967. The first-order valence-corrected chi connectivity index (χ1v) is 7.38. The van der Waals surface area contributed by atoms with E-state index in [-0.39, 0.29) is 18.4 Å². The van der Waals surface area contributed by atoms with Crippen molar-refractivity contribution in [1.29, 1.82) is 0 Å². The maximum Gasteiger partial charge on any atom is 0.244 e. The van der Waals surface area contributed by atoms with Crippen molar-refractivity contribution < 1.29 is 9.59 Å². The summed E-state index contributed by atoms with van der Waals surface area (Å²) < 4.78 is 0. The number of nitrogens with one attached hydrogen (secondary N) is 1. The second kappa shape index (κ2) is 5.46. The zero-order valence-electron chi connectivity index (χ0n) is 10.8. The largest absolute Gasteiger partial charge is 0.323 e. The number of fused-ring (bicyclic) bond motifs is 1. The molecule has 0 saturated heterocycles. The zero-order chi connectivity index (χ0) is 13.9. The summed E-state index contributed by atoms with van der Waals surface area (Å²) in [6.07, 6.45) is 1.13. The van der Waals surface area contributed by atoms with Crippen LogP contribution in [0.1, 0.15) is 12.0 Å². The topological polar surface area (TPSA) is 49.4 Å². The van der Waals surface area contributed by atoms with Crippen molar-refractivity contribution in [2.45, 2.75) is 12.8 Å². The Morgan fingerprint density at radius 3 is 2.95 bits per heavy atom. The fourth-order valence-corrected chi connectivity index (χ4v) is 2.98. The number of thiophene rings is 1. The third kappa shape index (κ3) is 2.58. The number of para-hydroxylation sites is 2. The van der Waals surface area contributed by atoms with Crippen LogP contribution in [0.2, 0.25) is 0 Å². The van der Waals surface area contributed by atoms with Crippen LogP contribution in [0.3, 0.4) is 0 Å². The number of carbonyl (C=O) groups excluding carboxylic acids is 2. The highest BCUT2D eigenvalue weighted by molar-refractivity contribution is 7.07. The molecule has 0 saturated carbocycles. The summed E-state index contributed by atoms with van der Waals surface area (Å²) in [7, 11) is 0. The molecule has 0 fully saturated rings. The molecule has 0 bridgehead atoms. The Balaban J connectivity index is 1.76. The van der Waals surface area contributed by atoms with Crippen molar-refractivity contribution in [2.75, 3.05) is 16.8 Å². The summed E-state index contributed by atoms with van der Waals surface area (Å²) in [5.41, 5.74) is 2.65. The molecule has 0 unspecified atom stereocenters. The van der Waals surface area contributed by atoms with Gasteiger partial charge in [-0.15, -0.1) is 0 Å². The molecule has 0 aliphatic carbocycles. The number of rotatable bonds is 3. The fraction of sp³-hybridized carbons (Fsp3) is 0.200. The number of benzene rings is 1. The van der Waals surface area contributed by atoms with Crippen molar-refractivity contribution in [3.05, 3.63) is 46.7 Å². The van der Waals surface area contributed by atoms with Gasteiger partial charge in [0.2, 0.25) is 11.8 Å². The second-order valence-electron chi connectivity index (χ2n) is 4.68. The highest BCUT2D eigenvalue weighted by Gasteiger charge is 2.26. The molecule has 2 heterocycles. The van der Waals surface area contributed by atoms with E-state index < -0.39 is 0 Å². The van der Waals surface area contributed by atoms with Crippen molar-refractivity contribution in [2.24, 2.45) is 0 Å². The van der Waals surface area contributed by atoms with E-state index in [1.54, 1.807) is 16.2 Å². The maximum atomic E-state index is 12.4. The van der Waals surface area contributed by atoms with E-state index in [0.717, 1.165) is 11.3 Å². The molecular formula is C15H14N2O2S. The molecule has 1 N–H and O–H groups in total. The van der Waals surface area contributed by atoms with E-state index in [0.29, 0.717) is 18.5 Å². The van der Waals surface area contributed by atoms with Gasteiger partial charge in [0.05, 0.1) is 11.4 Å². The molecule has 1 aliphatic rings. The van der Waals surface area contributed by atoms with Crippen LogP contribution < -0.4 is 10.2 Å². The van der Waals surface area contributed by atoms with Crippen molar-refractivity contribution in [3.8, 4) is 0 Å². The van der Waals surface area contributed by atoms with Crippen LogP contribution in [0.5, 0.6) is 0 Å². The van der Waals surface area contributed by atoms with Gasteiger partial charge in [0.15, 0.2) is 0 Å². The number of hydrogen-bond acceptors (Lipinski definition) is 3. The van der Waals surface area contributed by atoms with Crippen LogP contribution in [0.4, 0.5) is 11.4 Å². The van der Waals surface area contributed by atoms with Gasteiger partial charge >= 0.3 is 0 Å². The first kappa shape index (κ1) is 12.9. The van der Waals surface area contributed by atoms with E-state index in [2.05, 4.69) is 5.32 Å². The smallest absolute Gasteiger partial charge is 0.244 e. The lowest BCUT2D eigenvalue weighted by Crippen LogP contribution is -2.42. The number of hydrogen-bond donors (Lipinski definition) is 1. The lowest BCUT2D eigenvalue weighted by atomic mass is 10.1. The SMILES string of the molecule is O=C1CN(C(=O)CCc2ccsc2)c2ccccc2N1. The Morgan fingerprint density at radius 1 is 1.30 bits per heavy atom. The van der Waals surface area contributed by atoms with Crippen LogP contribution >= 0.6 is 11.3 Å². The molecular weight excluding hydrogens is 272 g/mol. The van der Waals surface area contributed by atoms with Crippen LogP contribution in [-0.2, 0) is 16.0 Å². The molecule has 2 aromatic rings. The number of anilines is 2. The molecule has 0 atom stereocenters. The number of carbonyl (C=O) groups is 2. The minimum Gasteiger partial charge on any atom is -0.323 e. The Kier molecular flexibility index (Phi) is 3.52. The van der Waals surface area contributed by atoms with Crippen LogP contribution in [-0.4, -0.2) is 18.4 Å². The quantitative estimate of drug-likeness (QED) is 0.943. The Bertz CT molecular complexity index is 637. The maximum absolute atomic E-state index is 12.4. The normalized spacial score (nSPS) is 13.8. The van der Waals surface area contributed by atoms with Gasteiger partial charge in [-0.3, -0.25) is 9.59 Å².